The number of rotatable bonds is 2. The Hall–Kier alpha value is -1.08. The first-order chi connectivity index (χ1) is 9.23. The standard InChI is InChI=1S/C15H23N3O/c16-11-15(6-2-1-3-7-15)14(19)17-13-10-18-8-4-12(13)5-9-18/h12-13H,1-10H2,(H,17,19). The molecule has 1 saturated carbocycles. The molecule has 1 unspecified atom stereocenters. The van der Waals surface area contributed by atoms with Crippen LogP contribution >= 0.6 is 0 Å². The number of hydrogen-bond donors (Lipinski definition) is 1. The van der Waals surface area contributed by atoms with Crippen molar-refractivity contribution >= 4 is 5.91 Å². The van der Waals surface area contributed by atoms with Gasteiger partial charge in [-0.25, -0.2) is 0 Å². The molecule has 1 aliphatic carbocycles. The Morgan fingerprint density at radius 2 is 1.89 bits per heavy atom. The van der Waals surface area contributed by atoms with Crippen molar-refractivity contribution in [3.8, 4) is 6.07 Å². The predicted molar refractivity (Wildman–Crippen MR) is 72.2 cm³/mol. The molecule has 0 radical (unpaired) electrons. The summed E-state index contributed by atoms with van der Waals surface area (Å²) in [5.74, 6) is 0.640. The van der Waals surface area contributed by atoms with Crippen molar-refractivity contribution < 1.29 is 4.79 Å². The predicted octanol–water partition coefficient (Wildman–Crippen LogP) is 1.67. The molecule has 4 nitrogen and oxygen atoms in total. The molecule has 2 bridgehead atoms. The van der Waals surface area contributed by atoms with Gasteiger partial charge >= 0.3 is 0 Å². The van der Waals surface area contributed by atoms with E-state index >= 15 is 0 Å². The quantitative estimate of drug-likeness (QED) is 0.822. The van der Waals surface area contributed by atoms with Crippen molar-refractivity contribution in [1.29, 1.82) is 5.26 Å². The second-order valence-corrected chi connectivity index (χ2v) is 6.47. The van der Waals surface area contributed by atoms with Crippen molar-refractivity contribution in [2.75, 3.05) is 19.6 Å². The van der Waals surface area contributed by atoms with E-state index < -0.39 is 5.41 Å². The fraction of sp³-hybridized carbons (Fsp3) is 0.867. The summed E-state index contributed by atoms with van der Waals surface area (Å²) in [6.45, 7) is 3.35. The first-order valence-corrected chi connectivity index (χ1v) is 7.68. The maximum absolute atomic E-state index is 12.5. The lowest BCUT2D eigenvalue weighted by Gasteiger charge is -2.45. The summed E-state index contributed by atoms with van der Waals surface area (Å²) in [7, 11) is 0. The molecular weight excluding hydrogens is 238 g/mol. The normalized spacial score (nSPS) is 36.5. The molecule has 3 saturated heterocycles. The third kappa shape index (κ3) is 2.36. The van der Waals surface area contributed by atoms with Gasteiger partial charge in [-0.2, -0.15) is 5.26 Å². The zero-order valence-electron chi connectivity index (χ0n) is 11.5. The van der Waals surface area contributed by atoms with Crippen LogP contribution in [0.5, 0.6) is 0 Å². The monoisotopic (exact) mass is 261 g/mol. The van der Waals surface area contributed by atoms with Gasteiger partial charge < -0.3 is 10.2 Å². The molecule has 4 aliphatic rings. The van der Waals surface area contributed by atoms with Crippen LogP contribution in [-0.4, -0.2) is 36.5 Å². The summed E-state index contributed by atoms with van der Waals surface area (Å²) in [4.78, 5) is 15.0. The lowest BCUT2D eigenvalue weighted by molar-refractivity contribution is -0.131. The van der Waals surface area contributed by atoms with Crippen LogP contribution in [0.15, 0.2) is 0 Å². The number of carbonyl (C=O) groups excluding carboxylic acids is 1. The van der Waals surface area contributed by atoms with E-state index in [2.05, 4.69) is 16.3 Å². The molecule has 3 aliphatic heterocycles. The molecular formula is C15H23N3O. The largest absolute Gasteiger partial charge is 0.350 e. The average Bonchev–Trinajstić information content (AvgIpc) is 2.49. The fourth-order valence-corrected chi connectivity index (χ4v) is 3.98. The third-order valence-electron chi connectivity index (χ3n) is 5.33. The summed E-state index contributed by atoms with van der Waals surface area (Å²) >= 11 is 0. The third-order valence-corrected chi connectivity index (χ3v) is 5.33. The molecule has 3 heterocycles. The second kappa shape index (κ2) is 5.13. The minimum Gasteiger partial charge on any atom is -0.350 e. The Morgan fingerprint density at radius 1 is 1.21 bits per heavy atom. The van der Waals surface area contributed by atoms with E-state index in [-0.39, 0.29) is 11.9 Å². The van der Waals surface area contributed by atoms with Gasteiger partial charge in [-0.3, -0.25) is 4.79 Å². The SMILES string of the molecule is N#CC1(C(=O)NC2CN3CCC2CC3)CCCCC1. The highest BCUT2D eigenvalue weighted by Gasteiger charge is 2.43. The number of nitrogens with one attached hydrogen (secondary N) is 1. The maximum atomic E-state index is 12.5. The van der Waals surface area contributed by atoms with Crippen LogP contribution in [0.4, 0.5) is 0 Å². The van der Waals surface area contributed by atoms with Crippen LogP contribution in [0.3, 0.4) is 0 Å². The van der Waals surface area contributed by atoms with Crippen LogP contribution in [0, 0.1) is 22.7 Å². The summed E-state index contributed by atoms with van der Waals surface area (Å²) in [5, 5.41) is 12.7. The van der Waals surface area contributed by atoms with E-state index in [0.717, 1.165) is 38.6 Å². The summed E-state index contributed by atoms with van der Waals surface area (Å²) in [6, 6.07) is 2.60. The average molecular weight is 261 g/mol. The van der Waals surface area contributed by atoms with Gasteiger partial charge in [0.25, 0.3) is 0 Å². The van der Waals surface area contributed by atoms with Gasteiger partial charge in [0, 0.05) is 12.6 Å². The highest BCUT2D eigenvalue weighted by Crippen LogP contribution is 2.37. The Kier molecular flexibility index (Phi) is 3.49. The van der Waals surface area contributed by atoms with Crippen molar-refractivity contribution in [2.24, 2.45) is 11.3 Å². The number of nitrogens with zero attached hydrogens (tertiary/aromatic N) is 2. The number of hydrogen-bond acceptors (Lipinski definition) is 3. The van der Waals surface area contributed by atoms with Crippen molar-refractivity contribution in [3.63, 3.8) is 0 Å². The Labute approximate surface area is 115 Å². The summed E-state index contributed by atoms with van der Waals surface area (Å²) in [5.41, 5.74) is -0.732. The number of piperidine rings is 3. The molecule has 4 fully saturated rings. The molecule has 0 aromatic carbocycles. The number of fused-ring (bicyclic) bond motifs is 3. The molecule has 0 aromatic heterocycles. The van der Waals surface area contributed by atoms with Gasteiger partial charge in [0.05, 0.1) is 6.07 Å². The Balaban J connectivity index is 1.66. The minimum absolute atomic E-state index is 0.00782. The molecule has 19 heavy (non-hydrogen) atoms. The highest BCUT2D eigenvalue weighted by atomic mass is 16.2. The highest BCUT2D eigenvalue weighted by molar-refractivity contribution is 5.85. The molecule has 1 atom stereocenters. The van der Waals surface area contributed by atoms with Gasteiger partial charge in [0.1, 0.15) is 5.41 Å². The molecule has 1 amide bonds. The zero-order chi connectivity index (χ0) is 13.3. The first kappa shape index (κ1) is 12.9. The van der Waals surface area contributed by atoms with Gasteiger partial charge in [-0.05, 0) is 44.7 Å². The summed E-state index contributed by atoms with van der Waals surface area (Å²) in [6.07, 6.45) is 7.08. The lowest BCUT2D eigenvalue weighted by atomic mass is 9.74. The first-order valence-electron chi connectivity index (χ1n) is 7.68. The number of nitriles is 1. The number of amides is 1. The van der Waals surface area contributed by atoms with E-state index in [4.69, 9.17) is 0 Å². The van der Waals surface area contributed by atoms with Gasteiger partial charge in [0.15, 0.2) is 0 Å². The van der Waals surface area contributed by atoms with Gasteiger partial charge in [-0.15, -0.1) is 0 Å². The topological polar surface area (TPSA) is 56.1 Å². The van der Waals surface area contributed by atoms with Crippen LogP contribution in [0.25, 0.3) is 0 Å². The van der Waals surface area contributed by atoms with Crippen LogP contribution in [0.1, 0.15) is 44.9 Å². The van der Waals surface area contributed by atoms with Gasteiger partial charge in [-0.1, -0.05) is 19.3 Å². The Morgan fingerprint density at radius 3 is 2.42 bits per heavy atom. The fourth-order valence-electron chi connectivity index (χ4n) is 3.98. The van der Waals surface area contributed by atoms with Crippen LogP contribution < -0.4 is 5.32 Å². The van der Waals surface area contributed by atoms with E-state index in [9.17, 15) is 10.1 Å². The van der Waals surface area contributed by atoms with E-state index in [1.165, 1.54) is 25.9 Å². The smallest absolute Gasteiger partial charge is 0.240 e. The van der Waals surface area contributed by atoms with E-state index in [0.29, 0.717) is 5.92 Å². The lowest BCUT2D eigenvalue weighted by Crippen LogP contribution is -2.59. The molecule has 0 spiro atoms. The van der Waals surface area contributed by atoms with Gasteiger partial charge in [0.2, 0.25) is 5.91 Å². The zero-order valence-corrected chi connectivity index (χ0v) is 11.5. The van der Waals surface area contributed by atoms with E-state index in [1.807, 2.05) is 0 Å². The van der Waals surface area contributed by atoms with Crippen LogP contribution in [-0.2, 0) is 4.79 Å². The van der Waals surface area contributed by atoms with Crippen molar-refractivity contribution in [1.82, 2.24) is 10.2 Å². The summed E-state index contributed by atoms with van der Waals surface area (Å²) < 4.78 is 0. The molecule has 1 N–H and O–H groups in total. The molecule has 4 rings (SSSR count). The Bertz CT molecular complexity index is 387. The van der Waals surface area contributed by atoms with E-state index in [1.54, 1.807) is 0 Å². The molecule has 0 aromatic rings. The van der Waals surface area contributed by atoms with Crippen molar-refractivity contribution in [3.05, 3.63) is 0 Å². The van der Waals surface area contributed by atoms with Crippen LogP contribution in [0.2, 0.25) is 0 Å². The maximum Gasteiger partial charge on any atom is 0.240 e. The second-order valence-electron chi connectivity index (χ2n) is 6.47. The minimum atomic E-state index is -0.732. The molecule has 4 heteroatoms. The van der Waals surface area contributed by atoms with Crippen molar-refractivity contribution in [2.45, 2.75) is 51.0 Å². The number of carbonyl (C=O) groups is 1. The molecule has 104 valence electrons.